The minimum atomic E-state index is -3.40. The number of hydrogen-bond donors (Lipinski definition) is 2. The molecule has 0 aromatic heterocycles. The van der Waals surface area contributed by atoms with E-state index in [2.05, 4.69) is 10.0 Å². The number of carbonyl (C=O) groups is 1. The molecule has 2 rings (SSSR count). The largest absolute Gasteiger partial charge is 0.383 e. The van der Waals surface area contributed by atoms with Gasteiger partial charge in [0.1, 0.15) is 0 Å². The predicted octanol–water partition coefficient (Wildman–Crippen LogP) is 0.823. The quantitative estimate of drug-likeness (QED) is 0.658. The van der Waals surface area contributed by atoms with Crippen molar-refractivity contribution in [2.75, 3.05) is 20.3 Å². The van der Waals surface area contributed by atoms with Crippen molar-refractivity contribution in [1.29, 1.82) is 0 Å². The third-order valence-corrected chi connectivity index (χ3v) is 4.94. The Kier molecular flexibility index (Phi) is 5.93. The van der Waals surface area contributed by atoms with Crippen molar-refractivity contribution >= 4 is 15.9 Å². The van der Waals surface area contributed by atoms with E-state index in [9.17, 15) is 13.2 Å². The lowest BCUT2D eigenvalue weighted by atomic mass is 10.1. The van der Waals surface area contributed by atoms with E-state index in [0.717, 1.165) is 18.4 Å². The van der Waals surface area contributed by atoms with E-state index >= 15 is 0 Å². The molecule has 0 aliphatic heterocycles. The molecule has 1 fully saturated rings. The number of benzene rings is 1. The fourth-order valence-corrected chi connectivity index (χ4v) is 3.27. The number of aryl methyl sites for hydroxylation is 1. The molecule has 1 aromatic carbocycles. The van der Waals surface area contributed by atoms with Crippen molar-refractivity contribution < 1.29 is 17.9 Å². The fourth-order valence-electron chi connectivity index (χ4n) is 1.96. The predicted molar refractivity (Wildman–Crippen MR) is 83.0 cm³/mol. The van der Waals surface area contributed by atoms with Gasteiger partial charge in [0, 0.05) is 26.1 Å². The summed E-state index contributed by atoms with van der Waals surface area (Å²) in [5.41, 5.74) is 0.937. The summed E-state index contributed by atoms with van der Waals surface area (Å²) in [6.07, 6.45) is 2.77. The molecule has 0 bridgehead atoms. The molecule has 0 heterocycles. The van der Waals surface area contributed by atoms with Crippen molar-refractivity contribution in [3.05, 3.63) is 29.8 Å². The molecule has 0 radical (unpaired) electrons. The van der Waals surface area contributed by atoms with Gasteiger partial charge in [-0.15, -0.1) is 0 Å². The van der Waals surface area contributed by atoms with Crippen LogP contribution in [0.3, 0.4) is 0 Å². The van der Waals surface area contributed by atoms with Crippen LogP contribution in [0, 0.1) is 0 Å². The maximum atomic E-state index is 12.0. The fraction of sp³-hybridized carbons (Fsp3) is 0.533. The molecular formula is C15H22N2O4S. The molecule has 0 atom stereocenters. The van der Waals surface area contributed by atoms with E-state index in [-0.39, 0.29) is 16.8 Å². The van der Waals surface area contributed by atoms with Gasteiger partial charge < -0.3 is 10.1 Å². The second kappa shape index (κ2) is 7.71. The number of ether oxygens (including phenoxy) is 1. The Balaban J connectivity index is 1.82. The molecule has 0 unspecified atom stereocenters. The van der Waals surface area contributed by atoms with Crippen LogP contribution >= 0.6 is 0 Å². The van der Waals surface area contributed by atoms with Gasteiger partial charge in [-0.3, -0.25) is 4.79 Å². The maximum absolute atomic E-state index is 12.0. The van der Waals surface area contributed by atoms with Crippen LogP contribution in [0.2, 0.25) is 0 Å². The Hall–Kier alpha value is -1.44. The van der Waals surface area contributed by atoms with E-state index in [4.69, 9.17) is 4.74 Å². The molecular weight excluding hydrogens is 304 g/mol. The highest BCUT2D eigenvalue weighted by atomic mass is 32.2. The summed E-state index contributed by atoms with van der Waals surface area (Å²) >= 11 is 0. The number of nitrogens with one attached hydrogen (secondary N) is 2. The first-order valence-corrected chi connectivity index (χ1v) is 8.86. The molecule has 122 valence electrons. The van der Waals surface area contributed by atoms with Gasteiger partial charge in [-0.25, -0.2) is 13.1 Å². The lowest BCUT2D eigenvalue weighted by Crippen LogP contribution is -2.27. The standard InChI is InChI=1S/C15H22N2O4S/c1-21-11-10-16-15(18)9-4-12-2-7-14(8-3-12)22(19,20)17-13-5-6-13/h2-3,7-8,13,17H,4-6,9-11H2,1H3,(H,16,18). The SMILES string of the molecule is COCCNC(=O)CCc1ccc(S(=O)(=O)NC2CC2)cc1. The van der Waals surface area contributed by atoms with Crippen LogP contribution in [0.4, 0.5) is 0 Å². The number of methoxy groups -OCH3 is 1. The van der Waals surface area contributed by atoms with Crippen molar-refractivity contribution in [3.63, 3.8) is 0 Å². The number of rotatable bonds is 9. The molecule has 1 aliphatic rings. The molecule has 6 nitrogen and oxygen atoms in total. The molecule has 1 amide bonds. The van der Waals surface area contributed by atoms with E-state index in [1.165, 1.54) is 0 Å². The van der Waals surface area contributed by atoms with Gasteiger partial charge in [-0.2, -0.15) is 0 Å². The third-order valence-electron chi connectivity index (χ3n) is 3.40. The van der Waals surface area contributed by atoms with Gasteiger partial charge >= 0.3 is 0 Å². The Morgan fingerprint density at radius 2 is 1.95 bits per heavy atom. The van der Waals surface area contributed by atoms with Crippen molar-refractivity contribution in [2.45, 2.75) is 36.6 Å². The highest BCUT2D eigenvalue weighted by Gasteiger charge is 2.27. The lowest BCUT2D eigenvalue weighted by Gasteiger charge is -2.07. The zero-order valence-corrected chi connectivity index (χ0v) is 13.5. The lowest BCUT2D eigenvalue weighted by molar-refractivity contribution is -0.121. The number of amides is 1. The molecule has 1 aliphatic carbocycles. The second-order valence-electron chi connectivity index (χ2n) is 5.38. The van der Waals surface area contributed by atoms with E-state index in [1.54, 1.807) is 31.4 Å². The van der Waals surface area contributed by atoms with Gasteiger partial charge in [-0.05, 0) is 37.0 Å². The van der Waals surface area contributed by atoms with Crippen LogP contribution in [0.1, 0.15) is 24.8 Å². The van der Waals surface area contributed by atoms with Crippen molar-refractivity contribution in [2.24, 2.45) is 0 Å². The first-order chi connectivity index (χ1) is 10.5. The molecule has 22 heavy (non-hydrogen) atoms. The molecule has 1 aromatic rings. The van der Waals surface area contributed by atoms with Crippen LogP contribution in [0.25, 0.3) is 0 Å². The third kappa shape index (κ3) is 5.40. The zero-order valence-electron chi connectivity index (χ0n) is 12.7. The Bertz CT molecular complexity index is 594. The first kappa shape index (κ1) is 16.9. The van der Waals surface area contributed by atoms with E-state index < -0.39 is 10.0 Å². The van der Waals surface area contributed by atoms with Gasteiger partial charge in [-0.1, -0.05) is 12.1 Å². The topological polar surface area (TPSA) is 84.5 Å². The Morgan fingerprint density at radius 1 is 1.27 bits per heavy atom. The monoisotopic (exact) mass is 326 g/mol. The second-order valence-corrected chi connectivity index (χ2v) is 7.10. The summed E-state index contributed by atoms with van der Waals surface area (Å²) in [6, 6.07) is 6.78. The summed E-state index contributed by atoms with van der Waals surface area (Å²) in [7, 11) is -1.82. The summed E-state index contributed by atoms with van der Waals surface area (Å²) in [5, 5.41) is 2.75. The minimum absolute atomic E-state index is 0.0378. The van der Waals surface area contributed by atoms with Crippen LogP contribution in [0.5, 0.6) is 0 Å². The normalized spacial score (nSPS) is 14.8. The number of hydrogen-bond acceptors (Lipinski definition) is 4. The number of sulfonamides is 1. The van der Waals surface area contributed by atoms with Crippen molar-refractivity contribution in [3.8, 4) is 0 Å². The average molecular weight is 326 g/mol. The van der Waals surface area contributed by atoms with Crippen LogP contribution in [-0.4, -0.2) is 40.6 Å². The summed E-state index contributed by atoms with van der Waals surface area (Å²) in [6.45, 7) is 0.992. The molecule has 0 saturated heterocycles. The maximum Gasteiger partial charge on any atom is 0.240 e. The number of carbonyl (C=O) groups excluding carboxylic acids is 1. The Morgan fingerprint density at radius 3 is 2.55 bits per heavy atom. The van der Waals surface area contributed by atoms with Gasteiger partial charge in [0.2, 0.25) is 15.9 Å². The van der Waals surface area contributed by atoms with E-state index in [0.29, 0.717) is 26.0 Å². The minimum Gasteiger partial charge on any atom is -0.383 e. The Labute approximate surface area is 131 Å². The smallest absolute Gasteiger partial charge is 0.240 e. The summed E-state index contributed by atoms with van der Waals surface area (Å²) in [4.78, 5) is 11.8. The molecule has 1 saturated carbocycles. The molecule has 7 heteroatoms. The summed E-state index contributed by atoms with van der Waals surface area (Å²) < 4.78 is 31.5. The molecule has 0 spiro atoms. The van der Waals surface area contributed by atoms with Gasteiger partial charge in [0.15, 0.2) is 0 Å². The van der Waals surface area contributed by atoms with Crippen LogP contribution < -0.4 is 10.0 Å². The highest BCUT2D eigenvalue weighted by molar-refractivity contribution is 7.89. The zero-order chi connectivity index (χ0) is 16.0. The molecule has 2 N–H and O–H groups in total. The van der Waals surface area contributed by atoms with Gasteiger partial charge in [0.25, 0.3) is 0 Å². The van der Waals surface area contributed by atoms with Crippen LogP contribution in [-0.2, 0) is 26.0 Å². The average Bonchev–Trinajstić information content (AvgIpc) is 3.29. The first-order valence-electron chi connectivity index (χ1n) is 7.38. The van der Waals surface area contributed by atoms with Crippen molar-refractivity contribution in [1.82, 2.24) is 10.0 Å². The van der Waals surface area contributed by atoms with Crippen LogP contribution in [0.15, 0.2) is 29.2 Å². The van der Waals surface area contributed by atoms with E-state index in [1.807, 2.05) is 0 Å². The summed E-state index contributed by atoms with van der Waals surface area (Å²) in [5.74, 6) is -0.0378. The van der Waals surface area contributed by atoms with Gasteiger partial charge in [0.05, 0.1) is 11.5 Å². The highest BCUT2D eigenvalue weighted by Crippen LogP contribution is 2.22.